The van der Waals surface area contributed by atoms with E-state index in [1.54, 1.807) is 24.3 Å². The van der Waals surface area contributed by atoms with Gasteiger partial charge in [-0.2, -0.15) is 5.26 Å². The molecule has 1 saturated carbocycles. The molecule has 1 fully saturated rings. The number of carbonyl (C=O) groups excluding carboxylic acids is 1. The molecule has 1 amide bonds. The van der Waals surface area contributed by atoms with Gasteiger partial charge in [-0.05, 0) is 48.4 Å². The Labute approximate surface area is 120 Å². The standard InChI is InChI=1S/C17H20N2O/c1-17(2)9-8-15(11-17)19-16(20)7-6-13-4-3-5-14(10-13)12-18/h3-7,10,15H,8-9,11H2,1-2H3,(H,19,20)/b7-6+. The minimum atomic E-state index is -0.0601. The molecule has 0 saturated heterocycles. The van der Waals surface area contributed by atoms with Crippen LogP contribution >= 0.6 is 0 Å². The first-order valence-electron chi connectivity index (χ1n) is 6.97. The van der Waals surface area contributed by atoms with Gasteiger partial charge in [0.1, 0.15) is 0 Å². The fraction of sp³-hybridized carbons (Fsp3) is 0.412. The van der Waals surface area contributed by atoms with E-state index in [9.17, 15) is 4.79 Å². The minimum Gasteiger partial charge on any atom is -0.350 e. The van der Waals surface area contributed by atoms with E-state index in [0.717, 1.165) is 24.8 Å². The molecule has 104 valence electrons. The normalized spacial score (nSPS) is 20.8. The van der Waals surface area contributed by atoms with Crippen molar-refractivity contribution >= 4 is 12.0 Å². The van der Waals surface area contributed by atoms with E-state index in [0.29, 0.717) is 11.0 Å². The van der Waals surface area contributed by atoms with Crippen molar-refractivity contribution in [1.29, 1.82) is 5.26 Å². The number of rotatable bonds is 3. The molecule has 0 aromatic heterocycles. The lowest BCUT2D eigenvalue weighted by Crippen LogP contribution is -2.32. The molecular formula is C17H20N2O. The molecule has 1 aliphatic rings. The van der Waals surface area contributed by atoms with Crippen molar-refractivity contribution in [2.75, 3.05) is 0 Å². The monoisotopic (exact) mass is 268 g/mol. The van der Waals surface area contributed by atoms with Crippen LogP contribution in [-0.2, 0) is 4.79 Å². The third-order valence-electron chi connectivity index (χ3n) is 3.76. The zero-order valence-corrected chi connectivity index (χ0v) is 12.0. The van der Waals surface area contributed by atoms with Crippen molar-refractivity contribution in [2.24, 2.45) is 5.41 Å². The molecule has 0 radical (unpaired) electrons. The van der Waals surface area contributed by atoms with Crippen LogP contribution in [0.25, 0.3) is 6.08 Å². The number of nitrogens with one attached hydrogen (secondary N) is 1. The fourth-order valence-electron chi connectivity index (χ4n) is 2.69. The Balaban J connectivity index is 1.91. The van der Waals surface area contributed by atoms with Gasteiger partial charge in [0.2, 0.25) is 5.91 Å². The van der Waals surface area contributed by atoms with Crippen LogP contribution in [0.4, 0.5) is 0 Å². The average Bonchev–Trinajstić information content (AvgIpc) is 2.76. The molecule has 2 rings (SSSR count). The van der Waals surface area contributed by atoms with Crippen LogP contribution in [0.15, 0.2) is 30.3 Å². The quantitative estimate of drug-likeness (QED) is 0.855. The Morgan fingerprint density at radius 3 is 2.95 bits per heavy atom. The van der Waals surface area contributed by atoms with E-state index in [-0.39, 0.29) is 11.9 Å². The largest absolute Gasteiger partial charge is 0.350 e. The molecule has 1 aromatic carbocycles. The van der Waals surface area contributed by atoms with E-state index < -0.39 is 0 Å². The molecule has 1 aromatic rings. The Bertz CT molecular complexity index is 567. The number of benzene rings is 1. The zero-order valence-electron chi connectivity index (χ0n) is 12.0. The average molecular weight is 268 g/mol. The van der Waals surface area contributed by atoms with E-state index in [1.807, 2.05) is 12.1 Å². The van der Waals surface area contributed by atoms with Crippen molar-refractivity contribution in [2.45, 2.75) is 39.2 Å². The Hall–Kier alpha value is -2.08. The molecule has 1 aliphatic carbocycles. The molecule has 0 spiro atoms. The first-order valence-corrected chi connectivity index (χ1v) is 6.97. The van der Waals surface area contributed by atoms with Gasteiger partial charge in [-0.25, -0.2) is 0 Å². The lowest BCUT2D eigenvalue weighted by molar-refractivity contribution is -0.117. The third-order valence-corrected chi connectivity index (χ3v) is 3.76. The second-order valence-corrected chi connectivity index (χ2v) is 6.18. The highest BCUT2D eigenvalue weighted by Gasteiger charge is 2.31. The molecule has 3 nitrogen and oxygen atoms in total. The minimum absolute atomic E-state index is 0.0601. The first kappa shape index (κ1) is 14.3. The lowest BCUT2D eigenvalue weighted by atomic mass is 9.92. The Morgan fingerprint density at radius 1 is 1.50 bits per heavy atom. The molecule has 3 heteroatoms. The van der Waals surface area contributed by atoms with Gasteiger partial charge >= 0.3 is 0 Å². The number of amides is 1. The summed E-state index contributed by atoms with van der Waals surface area (Å²) in [5.41, 5.74) is 1.80. The predicted molar refractivity (Wildman–Crippen MR) is 79.8 cm³/mol. The lowest BCUT2D eigenvalue weighted by Gasteiger charge is -2.17. The second kappa shape index (κ2) is 5.92. The number of nitrogens with zero attached hydrogens (tertiary/aromatic N) is 1. The van der Waals surface area contributed by atoms with Crippen molar-refractivity contribution in [3.8, 4) is 6.07 Å². The maximum atomic E-state index is 11.9. The van der Waals surface area contributed by atoms with Crippen LogP contribution in [0.3, 0.4) is 0 Å². The molecule has 0 bridgehead atoms. The van der Waals surface area contributed by atoms with Crippen LogP contribution in [-0.4, -0.2) is 11.9 Å². The smallest absolute Gasteiger partial charge is 0.244 e. The zero-order chi connectivity index (χ0) is 14.6. The van der Waals surface area contributed by atoms with Crippen LogP contribution in [0.5, 0.6) is 0 Å². The highest BCUT2D eigenvalue weighted by molar-refractivity contribution is 5.91. The van der Waals surface area contributed by atoms with Crippen molar-refractivity contribution in [3.05, 3.63) is 41.5 Å². The molecule has 20 heavy (non-hydrogen) atoms. The van der Waals surface area contributed by atoms with Gasteiger partial charge in [0, 0.05) is 12.1 Å². The molecular weight excluding hydrogens is 248 g/mol. The first-order chi connectivity index (χ1) is 9.48. The van der Waals surface area contributed by atoms with Gasteiger partial charge in [0.05, 0.1) is 11.6 Å². The highest BCUT2D eigenvalue weighted by atomic mass is 16.1. The highest BCUT2D eigenvalue weighted by Crippen LogP contribution is 2.36. The summed E-state index contributed by atoms with van der Waals surface area (Å²) in [6.07, 6.45) is 6.54. The Kier molecular flexibility index (Phi) is 4.24. The summed E-state index contributed by atoms with van der Waals surface area (Å²) in [5, 5.41) is 11.9. The van der Waals surface area contributed by atoms with Gasteiger partial charge in [0.25, 0.3) is 0 Å². The molecule has 1 atom stereocenters. The molecule has 1 unspecified atom stereocenters. The number of carbonyl (C=O) groups is 1. The number of nitriles is 1. The van der Waals surface area contributed by atoms with Crippen LogP contribution in [0, 0.1) is 16.7 Å². The van der Waals surface area contributed by atoms with Crippen LogP contribution < -0.4 is 5.32 Å². The summed E-state index contributed by atoms with van der Waals surface area (Å²) in [6.45, 7) is 4.48. The predicted octanol–water partition coefficient (Wildman–Crippen LogP) is 3.27. The van der Waals surface area contributed by atoms with E-state index in [4.69, 9.17) is 5.26 Å². The maximum Gasteiger partial charge on any atom is 0.244 e. The molecule has 0 heterocycles. The third kappa shape index (κ3) is 3.96. The summed E-state index contributed by atoms with van der Waals surface area (Å²) in [5.74, 6) is -0.0601. The second-order valence-electron chi connectivity index (χ2n) is 6.18. The molecule has 1 N–H and O–H groups in total. The maximum absolute atomic E-state index is 11.9. The summed E-state index contributed by atoms with van der Waals surface area (Å²) < 4.78 is 0. The van der Waals surface area contributed by atoms with Gasteiger partial charge < -0.3 is 5.32 Å². The summed E-state index contributed by atoms with van der Waals surface area (Å²) in [7, 11) is 0. The van der Waals surface area contributed by atoms with Crippen molar-refractivity contribution < 1.29 is 4.79 Å². The van der Waals surface area contributed by atoms with Gasteiger partial charge in [-0.3, -0.25) is 4.79 Å². The van der Waals surface area contributed by atoms with Gasteiger partial charge in [0.15, 0.2) is 0 Å². The van der Waals surface area contributed by atoms with E-state index >= 15 is 0 Å². The fourth-order valence-corrected chi connectivity index (χ4v) is 2.69. The molecule has 0 aliphatic heterocycles. The summed E-state index contributed by atoms with van der Waals surface area (Å²) in [6, 6.07) is 9.58. The summed E-state index contributed by atoms with van der Waals surface area (Å²) >= 11 is 0. The Morgan fingerprint density at radius 2 is 2.30 bits per heavy atom. The topological polar surface area (TPSA) is 52.9 Å². The number of hydrogen-bond donors (Lipinski definition) is 1. The van der Waals surface area contributed by atoms with E-state index in [1.165, 1.54) is 0 Å². The summed E-state index contributed by atoms with van der Waals surface area (Å²) in [4.78, 5) is 11.9. The van der Waals surface area contributed by atoms with Crippen LogP contribution in [0.1, 0.15) is 44.2 Å². The van der Waals surface area contributed by atoms with E-state index in [2.05, 4.69) is 25.2 Å². The van der Waals surface area contributed by atoms with Crippen molar-refractivity contribution in [1.82, 2.24) is 5.32 Å². The van der Waals surface area contributed by atoms with Gasteiger partial charge in [-0.15, -0.1) is 0 Å². The SMILES string of the molecule is CC1(C)CCC(NC(=O)/C=C/c2cccc(C#N)c2)C1. The van der Waals surface area contributed by atoms with Crippen LogP contribution in [0.2, 0.25) is 0 Å². The number of hydrogen-bond acceptors (Lipinski definition) is 2. The van der Waals surface area contributed by atoms with Crippen molar-refractivity contribution in [3.63, 3.8) is 0 Å². The van der Waals surface area contributed by atoms with Gasteiger partial charge in [-0.1, -0.05) is 26.0 Å².